The molecule has 0 amide bonds. The Bertz CT molecular complexity index is 2630. The molecular formula is C50H41N3O. The molecule has 7 aromatic rings. The number of fused-ring (bicyclic) bond motifs is 5. The van der Waals surface area contributed by atoms with Crippen molar-refractivity contribution >= 4 is 55.8 Å². The smallest absolute Gasteiger partial charge is 0.151 e. The van der Waals surface area contributed by atoms with Crippen LogP contribution in [-0.2, 0) is 0 Å². The lowest BCUT2D eigenvalue weighted by Crippen LogP contribution is -2.21. The molecule has 0 bridgehead atoms. The summed E-state index contributed by atoms with van der Waals surface area (Å²) in [5.74, 6) is 2.34. The highest BCUT2D eigenvalue weighted by atomic mass is 16.5. The fourth-order valence-electron chi connectivity index (χ4n) is 8.31. The number of para-hydroxylation sites is 5. The van der Waals surface area contributed by atoms with E-state index in [4.69, 9.17) is 4.74 Å². The van der Waals surface area contributed by atoms with Crippen LogP contribution >= 0.6 is 0 Å². The van der Waals surface area contributed by atoms with E-state index in [1.807, 2.05) is 24.3 Å². The van der Waals surface area contributed by atoms with Crippen LogP contribution in [0.5, 0.6) is 11.5 Å². The molecule has 2 heterocycles. The average Bonchev–Trinajstić information content (AvgIpc) is 3.55. The minimum absolute atomic E-state index is 0.167. The molecule has 1 aliphatic heterocycles. The van der Waals surface area contributed by atoms with E-state index in [-0.39, 0.29) is 6.04 Å². The fraction of sp³-hybridized carbons (Fsp3) is 0.120. The SMILES string of the molecule is Cc1ccc(N(c2ccc(C3=CCC(C)C=C3)cc2)c2ccc3c(c2)c2ccccc2n3C2C=CC(N3c4ccccc4Oc4ccccc43)=CC2)cc1. The number of aromatic nitrogens is 1. The van der Waals surface area contributed by atoms with Crippen molar-refractivity contribution in [1.29, 1.82) is 0 Å². The van der Waals surface area contributed by atoms with Crippen molar-refractivity contribution in [3.63, 3.8) is 0 Å². The van der Waals surface area contributed by atoms with Crippen molar-refractivity contribution in [1.82, 2.24) is 4.57 Å². The summed E-state index contributed by atoms with van der Waals surface area (Å²) >= 11 is 0. The molecule has 2 unspecified atom stereocenters. The van der Waals surface area contributed by atoms with Crippen LogP contribution in [-0.4, -0.2) is 4.57 Å². The van der Waals surface area contributed by atoms with Crippen molar-refractivity contribution in [2.24, 2.45) is 5.92 Å². The average molecular weight is 700 g/mol. The van der Waals surface area contributed by atoms with Gasteiger partial charge in [0.05, 0.1) is 17.4 Å². The van der Waals surface area contributed by atoms with E-state index in [2.05, 4.69) is 180 Å². The number of allylic oxidation sites excluding steroid dienone is 7. The topological polar surface area (TPSA) is 20.6 Å². The van der Waals surface area contributed by atoms with Gasteiger partial charge in [-0.2, -0.15) is 0 Å². The Morgan fingerprint density at radius 1 is 0.593 bits per heavy atom. The van der Waals surface area contributed by atoms with Crippen LogP contribution in [0.3, 0.4) is 0 Å². The number of nitrogens with zero attached hydrogens (tertiary/aromatic N) is 3. The first-order chi connectivity index (χ1) is 26.6. The molecule has 6 aromatic carbocycles. The molecule has 4 heteroatoms. The molecule has 0 spiro atoms. The molecule has 10 rings (SSSR count). The van der Waals surface area contributed by atoms with Crippen LogP contribution in [0, 0.1) is 12.8 Å². The molecule has 0 saturated carbocycles. The second-order valence-electron chi connectivity index (χ2n) is 14.7. The number of hydrogen-bond acceptors (Lipinski definition) is 3. The van der Waals surface area contributed by atoms with Crippen LogP contribution in [0.15, 0.2) is 182 Å². The summed E-state index contributed by atoms with van der Waals surface area (Å²) in [5, 5.41) is 2.51. The third-order valence-corrected chi connectivity index (χ3v) is 11.1. The van der Waals surface area contributed by atoms with Gasteiger partial charge in [0, 0.05) is 44.6 Å². The normalized spacial score (nSPS) is 17.5. The van der Waals surface area contributed by atoms with Gasteiger partial charge >= 0.3 is 0 Å². The minimum Gasteiger partial charge on any atom is -0.453 e. The zero-order valence-electron chi connectivity index (χ0n) is 30.6. The van der Waals surface area contributed by atoms with Crippen LogP contribution in [0.25, 0.3) is 27.4 Å². The van der Waals surface area contributed by atoms with E-state index in [1.54, 1.807) is 0 Å². The maximum Gasteiger partial charge on any atom is 0.151 e. The number of rotatable bonds is 6. The molecule has 4 nitrogen and oxygen atoms in total. The van der Waals surface area contributed by atoms with Gasteiger partial charge in [0.2, 0.25) is 0 Å². The summed E-state index contributed by atoms with van der Waals surface area (Å²) in [6.45, 7) is 4.41. The molecule has 262 valence electrons. The lowest BCUT2D eigenvalue weighted by Gasteiger charge is -2.34. The monoisotopic (exact) mass is 699 g/mol. The molecule has 0 radical (unpaired) electrons. The van der Waals surface area contributed by atoms with Gasteiger partial charge < -0.3 is 19.1 Å². The molecular weight excluding hydrogens is 659 g/mol. The highest BCUT2D eigenvalue weighted by molar-refractivity contribution is 6.09. The summed E-state index contributed by atoms with van der Waals surface area (Å²) in [6, 6.07) is 50.5. The summed E-state index contributed by atoms with van der Waals surface area (Å²) in [7, 11) is 0. The minimum atomic E-state index is 0.167. The molecule has 0 fully saturated rings. The van der Waals surface area contributed by atoms with Crippen molar-refractivity contribution in [3.8, 4) is 11.5 Å². The first-order valence-corrected chi connectivity index (χ1v) is 19.0. The number of ether oxygens (including phenoxy) is 1. The Morgan fingerprint density at radius 2 is 1.24 bits per heavy atom. The maximum atomic E-state index is 6.29. The quantitative estimate of drug-likeness (QED) is 0.172. The van der Waals surface area contributed by atoms with E-state index in [0.717, 1.165) is 58.5 Å². The second-order valence-corrected chi connectivity index (χ2v) is 14.7. The van der Waals surface area contributed by atoms with Gasteiger partial charge in [0.1, 0.15) is 0 Å². The first-order valence-electron chi connectivity index (χ1n) is 19.0. The van der Waals surface area contributed by atoms with Gasteiger partial charge in [0.25, 0.3) is 0 Å². The van der Waals surface area contributed by atoms with Gasteiger partial charge in [-0.1, -0.05) is 110 Å². The van der Waals surface area contributed by atoms with Gasteiger partial charge in [-0.05, 0) is 116 Å². The fourth-order valence-corrected chi connectivity index (χ4v) is 8.31. The van der Waals surface area contributed by atoms with E-state index in [9.17, 15) is 0 Å². The molecule has 0 saturated heterocycles. The summed E-state index contributed by atoms with van der Waals surface area (Å²) in [4.78, 5) is 4.71. The number of benzene rings is 6. The largest absolute Gasteiger partial charge is 0.453 e. The first kappa shape index (κ1) is 32.2. The number of hydrogen-bond donors (Lipinski definition) is 0. The van der Waals surface area contributed by atoms with Gasteiger partial charge in [-0.15, -0.1) is 0 Å². The van der Waals surface area contributed by atoms with E-state index < -0.39 is 0 Å². The van der Waals surface area contributed by atoms with E-state index >= 15 is 0 Å². The standard InChI is InChI=1S/C50H41N3O/c1-34-15-19-36(20-16-34)37-21-25-39(26-22-37)51(38-23-17-35(2)18-24-38)42-31-32-46-44(33-42)43-9-3-4-10-45(43)52(46)40-27-29-41(30-28-40)53-47-11-5-7-13-49(47)54-50-14-8-6-12-48(50)53/h3-15,17-27,29-34,40H,16,28H2,1-2H3. The van der Waals surface area contributed by atoms with Crippen LogP contribution in [0.2, 0.25) is 0 Å². The molecule has 0 N–H and O–H groups in total. The second kappa shape index (κ2) is 13.2. The summed E-state index contributed by atoms with van der Waals surface area (Å²) in [5.41, 5.74) is 13.0. The predicted octanol–water partition coefficient (Wildman–Crippen LogP) is 13.9. The zero-order chi connectivity index (χ0) is 36.2. The summed E-state index contributed by atoms with van der Waals surface area (Å²) < 4.78 is 8.82. The van der Waals surface area contributed by atoms with Gasteiger partial charge in [-0.25, -0.2) is 0 Å². The van der Waals surface area contributed by atoms with Crippen LogP contribution in [0.4, 0.5) is 28.4 Å². The third-order valence-electron chi connectivity index (χ3n) is 11.1. The Hall–Kier alpha value is -6.52. The maximum absolute atomic E-state index is 6.29. The van der Waals surface area contributed by atoms with Crippen molar-refractivity contribution in [2.45, 2.75) is 32.7 Å². The number of anilines is 5. The van der Waals surface area contributed by atoms with Crippen molar-refractivity contribution in [3.05, 3.63) is 193 Å². The molecule has 2 atom stereocenters. The molecule has 54 heavy (non-hydrogen) atoms. The van der Waals surface area contributed by atoms with Crippen molar-refractivity contribution in [2.75, 3.05) is 9.80 Å². The van der Waals surface area contributed by atoms with Crippen LogP contribution < -0.4 is 14.5 Å². The molecule has 2 aliphatic carbocycles. The highest BCUT2D eigenvalue weighted by Gasteiger charge is 2.28. The van der Waals surface area contributed by atoms with E-state index in [0.29, 0.717) is 5.92 Å². The lowest BCUT2D eigenvalue weighted by molar-refractivity contribution is 0.476. The Labute approximate surface area is 316 Å². The molecule has 3 aliphatic rings. The highest BCUT2D eigenvalue weighted by Crippen LogP contribution is 2.49. The third kappa shape index (κ3) is 5.54. The Morgan fingerprint density at radius 3 is 1.93 bits per heavy atom. The number of aryl methyl sites for hydroxylation is 1. The van der Waals surface area contributed by atoms with E-state index in [1.165, 1.54) is 38.5 Å². The van der Waals surface area contributed by atoms with Gasteiger partial charge in [0.15, 0.2) is 11.5 Å². The Kier molecular flexibility index (Phi) is 7.83. The predicted molar refractivity (Wildman–Crippen MR) is 226 cm³/mol. The van der Waals surface area contributed by atoms with Crippen LogP contribution in [0.1, 0.15) is 36.9 Å². The Balaban J connectivity index is 1.03. The summed E-state index contributed by atoms with van der Waals surface area (Å²) in [6.07, 6.45) is 15.9. The van der Waals surface area contributed by atoms with Gasteiger partial charge in [-0.3, -0.25) is 0 Å². The van der Waals surface area contributed by atoms with Crippen molar-refractivity contribution < 1.29 is 4.74 Å². The zero-order valence-corrected chi connectivity index (χ0v) is 30.6. The lowest BCUT2D eigenvalue weighted by atomic mass is 9.94. The molecule has 1 aromatic heterocycles.